The van der Waals surface area contributed by atoms with Gasteiger partial charge in [-0.2, -0.15) is 0 Å². The monoisotopic (exact) mass is 356 g/mol. The first kappa shape index (κ1) is 17.0. The maximum atomic E-state index is 5.98. The predicted molar refractivity (Wildman–Crippen MR) is 101 cm³/mol. The zero-order valence-corrected chi connectivity index (χ0v) is 15.2. The van der Waals surface area contributed by atoms with Crippen LogP contribution >= 0.6 is 11.6 Å². The summed E-state index contributed by atoms with van der Waals surface area (Å²) in [7, 11) is 0. The average molecular weight is 357 g/mol. The van der Waals surface area contributed by atoms with E-state index in [-0.39, 0.29) is 5.41 Å². The molecule has 1 aromatic carbocycles. The van der Waals surface area contributed by atoms with Crippen molar-refractivity contribution in [2.75, 3.05) is 19.8 Å². The molecule has 2 aliphatic rings. The van der Waals surface area contributed by atoms with Crippen LogP contribution < -0.4 is 5.32 Å². The van der Waals surface area contributed by atoms with Gasteiger partial charge in [-0.25, -0.2) is 0 Å². The van der Waals surface area contributed by atoms with Gasteiger partial charge in [-0.15, -0.1) is 0 Å². The van der Waals surface area contributed by atoms with E-state index in [1.807, 2.05) is 24.4 Å². The molecule has 1 aliphatic carbocycles. The molecule has 2 aromatic rings. The Kier molecular flexibility index (Phi) is 5.07. The van der Waals surface area contributed by atoms with Crippen LogP contribution in [-0.2, 0) is 10.2 Å². The summed E-state index contributed by atoms with van der Waals surface area (Å²) in [5.41, 5.74) is 2.79. The number of nitrogens with zero attached hydrogens (tertiary/aromatic N) is 1. The highest BCUT2D eigenvalue weighted by molar-refractivity contribution is 6.30. The Bertz CT molecular complexity index is 683. The second-order valence-electron chi connectivity index (χ2n) is 7.31. The van der Waals surface area contributed by atoms with Gasteiger partial charge in [0.15, 0.2) is 0 Å². The Morgan fingerprint density at radius 1 is 1.12 bits per heavy atom. The lowest BCUT2D eigenvalue weighted by atomic mass is 9.74. The van der Waals surface area contributed by atoms with Crippen molar-refractivity contribution in [2.45, 2.75) is 43.1 Å². The number of hydrogen-bond acceptors (Lipinski definition) is 3. The molecular formula is C21H25ClN2O. The summed E-state index contributed by atoms with van der Waals surface area (Å²) in [6.07, 6.45) is 6.39. The molecule has 4 rings (SSSR count). The fourth-order valence-corrected chi connectivity index (χ4v) is 4.19. The Morgan fingerprint density at radius 3 is 2.64 bits per heavy atom. The molecule has 0 radical (unpaired) electrons. The molecule has 4 heteroatoms. The lowest BCUT2D eigenvalue weighted by Gasteiger charge is -2.37. The second-order valence-corrected chi connectivity index (χ2v) is 7.75. The summed E-state index contributed by atoms with van der Waals surface area (Å²) in [6, 6.07) is 15.2. The standard InChI is InChI=1S/C21H25ClN2O/c22-17-6-4-16(5-7-17)18-15-19(18)23-12-8-21(9-13-25-14-10-21)20-3-1-2-11-24-20/h1-7,11,18-19,23H,8-10,12-15H2. The quantitative estimate of drug-likeness (QED) is 0.837. The molecule has 2 fully saturated rings. The number of aromatic nitrogens is 1. The Balaban J connectivity index is 1.34. The molecule has 25 heavy (non-hydrogen) atoms. The third-order valence-corrected chi connectivity index (χ3v) is 6.01. The van der Waals surface area contributed by atoms with E-state index < -0.39 is 0 Å². The molecule has 2 atom stereocenters. The summed E-state index contributed by atoms with van der Waals surface area (Å²) in [5.74, 6) is 0.637. The molecule has 0 bridgehead atoms. The molecule has 1 N–H and O–H groups in total. The first-order valence-corrected chi connectivity index (χ1v) is 9.63. The third kappa shape index (κ3) is 3.89. The molecule has 1 saturated carbocycles. The molecule has 2 heterocycles. The molecular weight excluding hydrogens is 332 g/mol. The number of benzene rings is 1. The van der Waals surface area contributed by atoms with E-state index in [1.165, 1.54) is 17.7 Å². The first-order chi connectivity index (χ1) is 12.3. The van der Waals surface area contributed by atoms with Crippen molar-refractivity contribution < 1.29 is 4.74 Å². The van der Waals surface area contributed by atoms with E-state index in [0.29, 0.717) is 12.0 Å². The van der Waals surface area contributed by atoms with Gasteiger partial charge in [0.25, 0.3) is 0 Å². The molecule has 1 saturated heterocycles. The Morgan fingerprint density at radius 2 is 1.92 bits per heavy atom. The molecule has 132 valence electrons. The number of hydrogen-bond donors (Lipinski definition) is 1. The minimum atomic E-state index is 0.164. The fourth-order valence-electron chi connectivity index (χ4n) is 4.07. The summed E-state index contributed by atoms with van der Waals surface area (Å²) >= 11 is 5.98. The fraction of sp³-hybridized carbons (Fsp3) is 0.476. The van der Waals surface area contributed by atoms with Crippen LogP contribution in [0.15, 0.2) is 48.7 Å². The molecule has 0 amide bonds. The Labute approximate surface area is 154 Å². The molecule has 1 aliphatic heterocycles. The van der Waals surface area contributed by atoms with Gasteiger partial charge in [0.05, 0.1) is 0 Å². The summed E-state index contributed by atoms with van der Waals surface area (Å²) < 4.78 is 5.61. The lowest BCUT2D eigenvalue weighted by Crippen LogP contribution is -2.38. The van der Waals surface area contributed by atoms with Gasteiger partial charge in [0, 0.05) is 47.5 Å². The summed E-state index contributed by atoms with van der Waals surface area (Å²) in [6.45, 7) is 2.71. The van der Waals surface area contributed by atoms with Gasteiger partial charge in [-0.3, -0.25) is 4.98 Å². The van der Waals surface area contributed by atoms with Crippen LogP contribution in [-0.4, -0.2) is 30.8 Å². The summed E-state index contributed by atoms with van der Waals surface area (Å²) in [4.78, 5) is 4.66. The molecule has 2 unspecified atom stereocenters. The van der Waals surface area contributed by atoms with Gasteiger partial charge >= 0.3 is 0 Å². The number of nitrogens with one attached hydrogen (secondary N) is 1. The van der Waals surface area contributed by atoms with Crippen LogP contribution in [0.3, 0.4) is 0 Å². The zero-order valence-electron chi connectivity index (χ0n) is 14.5. The molecule has 3 nitrogen and oxygen atoms in total. The third-order valence-electron chi connectivity index (χ3n) is 5.76. The number of ether oxygens (including phenoxy) is 1. The highest BCUT2D eigenvalue weighted by atomic mass is 35.5. The number of pyridine rings is 1. The van der Waals surface area contributed by atoms with Crippen LogP contribution in [0.5, 0.6) is 0 Å². The molecule has 0 spiro atoms. The number of rotatable bonds is 6. The van der Waals surface area contributed by atoms with E-state index >= 15 is 0 Å². The van der Waals surface area contributed by atoms with Gasteiger partial charge < -0.3 is 10.1 Å². The Hall–Kier alpha value is -1.42. The highest BCUT2D eigenvalue weighted by Gasteiger charge is 2.39. The zero-order chi connectivity index (χ0) is 17.1. The lowest BCUT2D eigenvalue weighted by molar-refractivity contribution is 0.0453. The van der Waals surface area contributed by atoms with E-state index in [4.69, 9.17) is 16.3 Å². The SMILES string of the molecule is Clc1ccc(C2CC2NCCC2(c3ccccn3)CCOCC2)cc1. The van der Waals surface area contributed by atoms with Crippen molar-refractivity contribution in [3.63, 3.8) is 0 Å². The predicted octanol–water partition coefficient (Wildman–Crippen LogP) is 4.32. The first-order valence-electron chi connectivity index (χ1n) is 9.25. The van der Waals surface area contributed by atoms with Crippen LogP contribution in [0.2, 0.25) is 5.02 Å². The van der Waals surface area contributed by atoms with E-state index in [1.54, 1.807) is 0 Å². The van der Waals surface area contributed by atoms with Crippen molar-refractivity contribution >= 4 is 11.6 Å². The number of halogens is 1. The van der Waals surface area contributed by atoms with Crippen molar-refractivity contribution in [1.82, 2.24) is 10.3 Å². The second kappa shape index (κ2) is 7.45. The highest BCUT2D eigenvalue weighted by Crippen LogP contribution is 2.42. The average Bonchev–Trinajstić information content (AvgIpc) is 3.43. The minimum absolute atomic E-state index is 0.164. The van der Waals surface area contributed by atoms with Crippen LogP contribution in [0, 0.1) is 0 Å². The topological polar surface area (TPSA) is 34.2 Å². The van der Waals surface area contributed by atoms with Crippen molar-refractivity contribution in [3.05, 3.63) is 64.9 Å². The van der Waals surface area contributed by atoms with E-state index in [2.05, 4.69) is 34.6 Å². The molecule has 1 aromatic heterocycles. The smallest absolute Gasteiger partial charge is 0.0475 e. The largest absolute Gasteiger partial charge is 0.381 e. The maximum Gasteiger partial charge on any atom is 0.0475 e. The normalized spacial score (nSPS) is 24.8. The van der Waals surface area contributed by atoms with Crippen LogP contribution in [0.1, 0.15) is 42.9 Å². The van der Waals surface area contributed by atoms with Crippen LogP contribution in [0.4, 0.5) is 0 Å². The van der Waals surface area contributed by atoms with Crippen molar-refractivity contribution in [2.24, 2.45) is 0 Å². The van der Waals surface area contributed by atoms with Gasteiger partial charge in [-0.05, 0) is 62.1 Å². The minimum Gasteiger partial charge on any atom is -0.381 e. The summed E-state index contributed by atoms with van der Waals surface area (Å²) in [5, 5.41) is 4.57. The van der Waals surface area contributed by atoms with Crippen molar-refractivity contribution in [1.29, 1.82) is 0 Å². The maximum absolute atomic E-state index is 5.98. The van der Waals surface area contributed by atoms with E-state index in [0.717, 1.165) is 44.0 Å². The van der Waals surface area contributed by atoms with Gasteiger partial charge in [0.2, 0.25) is 0 Å². The van der Waals surface area contributed by atoms with Gasteiger partial charge in [0.1, 0.15) is 0 Å². The van der Waals surface area contributed by atoms with Crippen molar-refractivity contribution in [3.8, 4) is 0 Å². The van der Waals surface area contributed by atoms with E-state index in [9.17, 15) is 0 Å². The van der Waals surface area contributed by atoms with Crippen LogP contribution in [0.25, 0.3) is 0 Å². The van der Waals surface area contributed by atoms with Gasteiger partial charge in [-0.1, -0.05) is 29.8 Å².